The molecule has 0 fully saturated rings. The lowest BCUT2D eigenvalue weighted by atomic mass is 10.1. The molecule has 1 unspecified atom stereocenters. The highest BCUT2D eigenvalue weighted by atomic mass is 16.5. The number of carbonyl (C=O) groups excluding carboxylic acids is 2. The van der Waals surface area contributed by atoms with Crippen LogP contribution in [0.3, 0.4) is 0 Å². The second-order valence-corrected chi connectivity index (χ2v) is 5.31. The topological polar surface area (TPSA) is 68.3 Å². The van der Waals surface area contributed by atoms with Crippen LogP contribution in [0.1, 0.15) is 17.3 Å². The van der Waals surface area contributed by atoms with Gasteiger partial charge in [-0.1, -0.05) is 36.4 Å². The molecule has 1 atom stereocenters. The van der Waals surface area contributed by atoms with Gasteiger partial charge < -0.3 is 10.1 Å². The van der Waals surface area contributed by atoms with Crippen molar-refractivity contribution in [3.8, 4) is 0 Å². The van der Waals surface area contributed by atoms with Crippen molar-refractivity contribution in [2.24, 2.45) is 0 Å². The van der Waals surface area contributed by atoms with E-state index < -0.39 is 12.1 Å². The van der Waals surface area contributed by atoms with Crippen LogP contribution in [0.15, 0.2) is 67.0 Å². The molecule has 2 aromatic carbocycles. The molecule has 3 aromatic rings. The van der Waals surface area contributed by atoms with Gasteiger partial charge in [0.25, 0.3) is 5.91 Å². The van der Waals surface area contributed by atoms with Crippen LogP contribution in [0.25, 0.3) is 10.8 Å². The summed E-state index contributed by atoms with van der Waals surface area (Å²) in [5.41, 5.74) is 0.990. The molecule has 0 radical (unpaired) electrons. The van der Waals surface area contributed by atoms with Crippen molar-refractivity contribution in [3.63, 3.8) is 0 Å². The maximum Gasteiger partial charge on any atom is 0.340 e. The molecular weight excluding hydrogens is 304 g/mol. The molecule has 0 saturated heterocycles. The number of amides is 1. The number of carbonyl (C=O) groups is 2. The van der Waals surface area contributed by atoms with E-state index in [4.69, 9.17) is 4.74 Å². The van der Waals surface area contributed by atoms with Crippen LogP contribution in [0, 0.1) is 0 Å². The van der Waals surface area contributed by atoms with E-state index in [1.54, 1.807) is 18.3 Å². The van der Waals surface area contributed by atoms with Crippen molar-refractivity contribution in [1.82, 2.24) is 4.98 Å². The standard InChI is InChI=1S/C19H16N2O3/c1-13(24-19(23)15-8-5-11-20-12-15)18(22)21-17-10-4-7-14-6-2-3-9-16(14)17/h2-13H,1H3,(H,21,22). The highest BCUT2D eigenvalue weighted by Gasteiger charge is 2.19. The van der Waals surface area contributed by atoms with Gasteiger partial charge in [0.2, 0.25) is 0 Å². The van der Waals surface area contributed by atoms with Crippen LogP contribution >= 0.6 is 0 Å². The Kier molecular flexibility index (Phi) is 4.52. The van der Waals surface area contributed by atoms with Crippen LogP contribution < -0.4 is 5.32 Å². The van der Waals surface area contributed by atoms with Crippen molar-refractivity contribution in [1.29, 1.82) is 0 Å². The van der Waals surface area contributed by atoms with E-state index in [2.05, 4.69) is 10.3 Å². The minimum atomic E-state index is -0.920. The lowest BCUT2D eigenvalue weighted by Gasteiger charge is -2.14. The van der Waals surface area contributed by atoms with Crippen molar-refractivity contribution >= 4 is 28.3 Å². The molecule has 5 nitrogen and oxygen atoms in total. The zero-order valence-electron chi connectivity index (χ0n) is 13.1. The molecule has 0 spiro atoms. The monoisotopic (exact) mass is 320 g/mol. The van der Waals surface area contributed by atoms with Gasteiger partial charge in [-0.3, -0.25) is 9.78 Å². The SMILES string of the molecule is CC(OC(=O)c1cccnc1)C(=O)Nc1cccc2ccccc12. The molecule has 0 aliphatic heterocycles. The van der Waals surface area contributed by atoms with E-state index in [9.17, 15) is 9.59 Å². The minimum Gasteiger partial charge on any atom is -0.449 e. The third-order valence-corrected chi connectivity index (χ3v) is 3.60. The third-order valence-electron chi connectivity index (χ3n) is 3.60. The maximum absolute atomic E-state index is 12.3. The first-order chi connectivity index (χ1) is 11.6. The fourth-order valence-electron chi connectivity index (χ4n) is 2.33. The molecule has 1 heterocycles. The second-order valence-electron chi connectivity index (χ2n) is 5.31. The Morgan fingerprint density at radius 3 is 2.62 bits per heavy atom. The molecule has 0 saturated carbocycles. The lowest BCUT2D eigenvalue weighted by molar-refractivity contribution is -0.123. The average molecular weight is 320 g/mol. The minimum absolute atomic E-state index is 0.308. The molecular formula is C19H16N2O3. The van der Waals surface area contributed by atoms with Crippen molar-refractivity contribution in [2.45, 2.75) is 13.0 Å². The molecule has 1 amide bonds. The summed E-state index contributed by atoms with van der Waals surface area (Å²) >= 11 is 0. The van der Waals surface area contributed by atoms with Crippen LogP contribution in [0.2, 0.25) is 0 Å². The van der Waals surface area contributed by atoms with Crippen molar-refractivity contribution in [3.05, 3.63) is 72.6 Å². The van der Waals surface area contributed by atoms with Crippen LogP contribution in [-0.4, -0.2) is 23.0 Å². The van der Waals surface area contributed by atoms with E-state index in [0.717, 1.165) is 10.8 Å². The second kappa shape index (κ2) is 6.91. The predicted molar refractivity (Wildman–Crippen MR) is 91.7 cm³/mol. The molecule has 0 bridgehead atoms. The highest BCUT2D eigenvalue weighted by molar-refractivity contribution is 6.04. The van der Waals surface area contributed by atoms with E-state index in [1.165, 1.54) is 13.1 Å². The molecule has 24 heavy (non-hydrogen) atoms. The Labute approximate surface area is 139 Å². The summed E-state index contributed by atoms with van der Waals surface area (Å²) in [5.74, 6) is -0.965. The number of hydrogen-bond acceptors (Lipinski definition) is 4. The smallest absolute Gasteiger partial charge is 0.340 e. The number of nitrogens with one attached hydrogen (secondary N) is 1. The maximum atomic E-state index is 12.3. The summed E-state index contributed by atoms with van der Waals surface area (Å²) in [6.07, 6.45) is 2.04. The fraction of sp³-hybridized carbons (Fsp3) is 0.105. The van der Waals surface area contributed by atoms with Crippen LogP contribution in [-0.2, 0) is 9.53 Å². The number of esters is 1. The first-order valence-corrected chi connectivity index (χ1v) is 7.55. The summed E-state index contributed by atoms with van der Waals surface area (Å²) in [7, 11) is 0. The van der Waals surface area contributed by atoms with Gasteiger partial charge in [0, 0.05) is 23.5 Å². The van der Waals surface area contributed by atoms with E-state index in [1.807, 2.05) is 42.5 Å². The largest absolute Gasteiger partial charge is 0.449 e. The number of nitrogens with zero attached hydrogens (tertiary/aromatic N) is 1. The van der Waals surface area contributed by atoms with E-state index in [-0.39, 0.29) is 5.91 Å². The molecule has 3 rings (SSSR count). The number of hydrogen-bond donors (Lipinski definition) is 1. The fourth-order valence-corrected chi connectivity index (χ4v) is 2.33. The Morgan fingerprint density at radius 2 is 1.83 bits per heavy atom. The summed E-state index contributed by atoms with van der Waals surface area (Å²) in [6, 6.07) is 16.6. The molecule has 120 valence electrons. The van der Waals surface area contributed by atoms with Gasteiger partial charge in [0.05, 0.1) is 5.56 Å². The summed E-state index contributed by atoms with van der Waals surface area (Å²) in [6.45, 7) is 1.54. The van der Waals surface area contributed by atoms with Gasteiger partial charge >= 0.3 is 5.97 Å². The average Bonchev–Trinajstić information content (AvgIpc) is 2.62. The van der Waals surface area contributed by atoms with Gasteiger partial charge in [0.15, 0.2) is 6.10 Å². The van der Waals surface area contributed by atoms with Gasteiger partial charge in [-0.2, -0.15) is 0 Å². The number of benzene rings is 2. The van der Waals surface area contributed by atoms with Crippen molar-refractivity contribution < 1.29 is 14.3 Å². The quantitative estimate of drug-likeness (QED) is 0.748. The van der Waals surface area contributed by atoms with Crippen molar-refractivity contribution in [2.75, 3.05) is 5.32 Å². The normalized spacial score (nSPS) is 11.7. The zero-order valence-corrected chi connectivity index (χ0v) is 13.1. The Hall–Kier alpha value is -3.21. The van der Waals surface area contributed by atoms with Crippen LogP contribution in [0.4, 0.5) is 5.69 Å². The summed E-state index contributed by atoms with van der Waals surface area (Å²) in [5, 5.41) is 4.76. The molecule has 1 N–H and O–H groups in total. The summed E-state index contributed by atoms with van der Waals surface area (Å²) in [4.78, 5) is 28.2. The van der Waals surface area contributed by atoms with E-state index >= 15 is 0 Å². The number of aromatic nitrogens is 1. The van der Waals surface area contributed by atoms with Gasteiger partial charge in [-0.15, -0.1) is 0 Å². The predicted octanol–water partition coefficient (Wildman–Crippen LogP) is 3.42. The van der Waals surface area contributed by atoms with Gasteiger partial charge in [0.1, 0.15) is 0 Å². The van der Waals surface area contributed by atoms with E-state index in [0.29, 0.717) is 11.3 Å². The number of rotatable bonds is 4. The number of pyridine rings is 1. The zero-order chi connectivity index (χ0) is 16.9. The number of ether oxygens (including phenoxy) is 1. The summed E-state index contributed by atoms with van der Waals surface area (Å²) < 4.78 is 5.19. The molecule has 5 heteroatoms. The Morgan fingerprint density at radius 1 is 1.04 bits per heavy atom. The lowest BCUT2D eigenvalue weighted by Crippen LogP contribution is -2.30. The van der Waals surface area contributed by atoms with Gasteiger partial charge in [-0.05, 0) is 30.5 Å². The highest BCUT2D eigenvalue weighted by Crippen LogP contribution is 2.23. The Bertz CT molecular complexity index is 873. The number of fused-ring (bicyclic) bond motifs is 1. The molecule has 0 aliphatic carbocycles. The van der Waals surface area contributed by atoms with Crippen LogP contribution in [0.5, 0.6) is 0 Å². The van der Waals surface area contributed by atoms with Gasteiger partial charge in [-0.25, -0.2) is 4.79 Å². The first kappa shape index (κ1) is 15.7. The number of anilines is 1. The Balaban J connectivity index is 1.71. The molecule has 0 aliphatic rings. The first-order valence-electron chi connectivity index (χ1n) is 7.55. The molecule has 1 aromatic heterocycles. The third kappa shape index (κ3) is 3.41.